The first-order valence-corrected chi connectivity index (χ1v) is 12.7. The largest absolute Gasteiger partial charge is 0.311 e. The number of halogens is 1. The van der Waals surface area contributed by atoms with Crippen LogP contribution in [-0.4, -0.2) is 35.9 Å². The second-order valence-corrected chi connectivity index (χ2v) is 9.42. The predicted octanol–water partition coefficient (Wildman–Crippen LogP) is 7.02. The first kappa shape index (κ1) is 25.8. The van der Waals surface area contributed by atoms with Gasteiger partial charge < -0.3 is 9.80 Å². The maximum Gasteiger partial charge on any atom is 0.258 e. The molecule has 0 aliphatic carbocycles. The van der Waals surface area contributed by atoms with E-state index in [-0.39, 0.29) is 11.8 Å². The van der Waals surface area contributed by atoms with Gasteiger partial charge in [-0.3, -0.25) is 19.6 Å². The number of hydrogen-bond acceptors (Lipinski definition) is 4. The van der Waals surface area contributed by atoms with Crippen molar-refractivity contribution in [1.29, 1.82) is 0 Å². The minimum atomic E-state index is -0.278. The van der Waals surface area contributed by atoms with Crippen molar-refractivity contribution in [3.8, 4) is 22.5 Å². The van der Waals surface area contributed by atoms with Gasteiger partial charge in [0.25, 0.3) is 11.8 Å². The van der Waals surface area contributed by atoms with E-state index in [0.29, 0.717) is 27.5 Å². The molecule has 0 radical (unpaired) electrons. The molecular formula is C32H25ClN4O2. The lowest BCUT2D eigenvalue weighted by Crippen LogP contribution is -2.28. The van der Waals surface area contributed by atoms with Crippen LogP contribution < -0.4 is 9.80 Å². The lowest BCUT2D eigenvalue weighted by atomic mass is 10.1. The second kappa shape index (κ2) is 11.3. The van der Waals surface area contributed by atoms with Crippen molar-refractivity contribution in [2.24, 2.45) is 0 Å². The molecule has 5 aromatic rings. The van der Waals surface area contributed by atoms with Crippen molar-refractivity contribution in [2.75, 3.05) is 23.9 Å². The summed E-state index contributed by atoms with van der Waals surface area (Å²) in [5.41, 5.74) is 5.66. The molecule has 0 saturated carbocycles. The van der Waals surface area contributed by atoms with Crippen molar-refractivity contribution in [3.63, 3.8) is 0 Å². The van der Waals surface area contributed by atoms with Crippen LogP contribution in [0.2, 0.25) is 5.02 Å². The Morgan fingerprint density at radius 2 is 1.00 bits per heavy atom. The van der Waals surface area contributed by atoms with Gasteiger partial charge >= 0.3 is 0 Å². The Morgan fingerprint density at radius 3 is 1.36 bits per heavy atom. The van der Waals surface area contributed by atoms with Gasteiger partial charge in [0.2, 0.25) is 0 Å². The van der Waals surface area contributed by atoms with E-state index in [2.05, 4.69) is 9.97 Å². The third-order valence-electron chi connectivity index (χ3n) is 6.43. The van der Waals surface area contributed by atoms with Crippen LogP contribution in [0.3, 0.4) is 0 Å². The summed E-state index contributed by atoms with van der Waals surface area (Å²) in [6, 6.07) is 31.3. The van der Waals surface area contributed by atoms with E-state index in [4.69, 9.17) is 11.6 Å². The summed E-state index contributed by atoms with van der Waals surface area (Å²) in [6.45, 7) is 0. The third-order valence-corrected chi connectivity index (χ3v) is 6.65. The number of anilines is 2. The van der Waals surface area contributed by atoms with Gasteiger partial charge in [0.05, 0.1) is 11.4 Å². The zero-order valence-electron chi connectivity index (χ0n) is 21.5. The summed E-state index contributed by atoms with van der Waals surface area (Å²) in [5, 5.41) is 0.307. The van der Waals surface area contributed by atoms with Crippen molar-refractivity contribution >= 4 is 34.8 Å². The van der Waals surface area contributed by atoms with Crippen molar-refractivity contribution in [1.82, 2.24) is 9.97 Å². The van der Waals surface area contributed by atoms with Gasteiger partial charge in [-0.05, 0) is 66.7 Å². The summed E-state index contributed by atoms with van der Waals surface area (Å²) in [5.74, 6) is -0.556. The molecule has 192 valence electrons. The lowest BCUT2D eigenvalue weighted by molar-refractivity contribution is 0.0992. The Bertz CT molecular complexity index is 1490. The number of pyridine rings is 2. The molecular weight excluding hydrogens is 508 g/mol. The minimum absolute atomic E-state index is 0.278. The zero-order valence-corrected chi connectivity index (χ0v) is 22.2. The number of carbonyl (C=O) groups is 2. The highest BCUT2D eigenvalue weighted by Gasteiger charge is 2.20. The van der Waals surface area contributed by atoms with Crippen LogP contribution in [0.1, 0.15) is 20.7 Å². The highest BCUT2D eigenvalue weighted by Crippen LogP contribution is 2.26. The van der Waals surface area contributed by atoms with Crippen LogP contribution in [0.25, 0.3) is 22.5 Å². The Morgan fingerprint density at radius 1 is 0.590 bits per heavy atom. The van der Waals surface area contributed by atoms with E-state index in [1.807, 2.05) is 84.9 Å². The number of nitrogens with zero attached hydrogens (tertiary/aromatic N) is 4. The van der Waals surface area contributed by atoms with E-state index in [0.717, 1.165) is 22.5 Å². The molecule has 0 N–H and O–H groups in total. The van der Waals surface area contributed by atoms with Gasteiger partial charge in [0.15, 0.2) is 0 Å². The van der Waals surface area contributed by atoms with Crippen molar-refractivity contribution in [2.45, 2.75) is 0 Å². The smallest absolute Gasteiger partial charge is 0.258 e. The molecule has 0 atom stereocenters. The number of amides is 2. The molecule has 2 heterocycles. The van der Waals surface area contributed by atoms with Crippen molar-refractivity contribution in [3.05, 3.63) is 132 Å². The first-order valence-electron chi connectivity index (χ1n) is 12.3. The van der Waals surface area contributed by atoms with Crippen LogP contribution in [-0.2, 0) is 0 Å². The van der Waals surface area contributed by atoms with E-state index in [1.165, 1.54) is 9.80 Å². The maximum absolute atomic E-state index is 13.4. The van der Waals surface area contributed by atoms with E-state index in [1.54, 1.807) is 44.7 Å². The molecule has 2 amide bonds. The fraction of sp³-hybridized carbons (Fsp3) is 0.0625. The van der Waals surface area contributed by atoms with Crippen LogP contribution >= 0.6 is 11.6 Å². The predicted molar refractivity (Wildman–Crippen MR) is 156 cm³/mol. The molecule has 2 aromatic heterocycles. The maximum atomic E-state index is 13.4. The fourth-order valence-electron chi connectivity index (χ4n) is 4.24. The molecule has 39 heavy (non-hydrogen) atoms. The number of benzene rings is 3. The highest BCUT2D eigenvalue weighted by atomic mass is 35.5. The summed E-state index contributed by atoms with van der Waals surface area (Å²) < 4.78 is 0. The van der Waals surface area contributed by atoms with Crippen LogP contribution in [0, 0.1) is 0 Å². The van der Waals surface area contributed by atoms with E-state index < -0.39 is 0 Å². The van der Waals surface area contributed by atoms with Gasteiger partial charge in [-0.25, -0.2) is 0 Å². The molecule has 0 spiro atoms. The first-order chi connectivity index (χ1) is 18.9. The number of aromatic nitrogens is 2. The topological polar surface area (TPSA) is 66.4 Å². The third kappa shape index (κ3) is 5.71. The lowest BCUT2D eigenvalue weighted by Gasteiger charge is -2.20. The van der Waals surface area contributed by atoms with Gasteiger partial charge in [-0.15, -0.1) is 0 Å². The monoisotopic (exact) mass is 532 g/mol. The van der Waals surface area contributed by atoms with Crippen LogP contribution in [0.15, 0.2) is 116 Å². The Labute approximate surface area is 232 Å². The van der Waals surface area contributed by atoms with Gasteiger partial charge in [0.1, 0.15) is 0 Å². The molecule has 7 heteroatoms. The molecule has 5 rings (SSSR count). The van der Waals surface area contributed by atoms with Crippen LogP contribution in [0.4, 0.5) is 11.4 Å². The summed E-state index contributed by atoms with van der Waals surface area (Å²) >= 11 is 6.36. The fourth-order valence-corrected chi connectivity index (χ4v) is 4.47. The average molecular weight is 533 g/mol. The molecule has 0 fully saturated rings. The van der Waals surface area contributed by atoms with E-state index >= 15 is 0 Å². The Kier molecular flexibility index (Phi) is 7.48. The molecule has 6 nitrogen and oxygen atoms in total. The highest BCUT2D eigenvalue weighted by molar-refractivity contribution is 6.31. The minimum Gasteiger partial charge on any atom is -0.311 e. The molecule has 0 bridgehead atoms. The molecule has 0 aliphatic heterocycles. The summed E-state index contributed by atoms with van der Waals surface area (Å²) in [7, 11) is 3.38. The van der Waals surface area contributed by atoms with Gasteiger partial charge in [-0.1, -0.05) is 48.0 Å². The van der Waals surface area contributed by atoms with E-state index in [9.17, 15) is 9.59 Å². The molecule has 0 aliphatic rings. The van der Waals surface area contributed by atoms with Crippen molar-refractivity contribution < 1.29 is 9.59 Å². The Balaban J connectivity index is 1.34. The average Bonchev–Trinajstić information content (AvgIpc) is 3.00. The summed E-state index contributed by atoms with van der Waals surface area (Å²) in [4.78, 5) is 38.5. The van der Waals surface area contributed by atoms with Crippen LogP contribution in [0.5, 0.6) is 0 Å². The number of hydrogen-bond donors (Lipinski definition) is 0. The summed E-state index contributed by atoms with van der Waals surface area (Å²) in [6.07, 6.45) is 3.48. The number of carbonyl (C=O) groups excluding carboxylic acids is 2. The normalized spacial score (nSPS) is 10.6. The van der Waals surface area contributed by atoms with Gasteiger partial charge in [-0.2, -0.15) is 0 Å². The Hall–Kier alpha value is -4.81. The molecule has 0 saturated heterocycles. The molecule has 0 unspecified atom stereocenters. The molecule has 3 aromatic carbocycles. The second-order valence-electron chi connectivity index (χ2n) is 8.98. The SMILES string of the molecule is CN(C(=O)c1cc(Cl)cc(C(=O)N(C)c2ccc(-c3ccccn3)cc2)c1)c1ccc(-c2ccccn2)cc1. The standard InChI is InChI=1S/C32H25ClN4O2/c1-36(27-13-9-22(10-14-27)29-7-3-5-17-34-29)31(38)24-19-25(21-26(33)20-24)32(39)37(2)28-15-11-23(12-16-28)30-8-4-6-18-35-30/h3-21H,1-2H3. The zero-order chi connectivity index (χ0) is 27.4. The van der Waals surface area contributed by atoms with Gasteiger partial charge in [0, 0.05) is 65.1 Å². The number of rotatable bonds is 6. The quantitative estimate of drug-likeness (QED) is 0.236.